The lowest BCUT2D eigenvalue weighted by atomic mass is 9.96. The highest BCUT2D eigenvalue weighted by Gasteiger charge is 2.18. The first-order valence-electron chi connectivity index (χ1n) is 9.36. The van der Waals surface area contributed by atoms with Gasteiger partial charge in [0.25, 0.3) is 5.91 Å². The second-order valence-electron chi connectivity index (χ2n) is 6.80. The van der Waals surface area contributed by atoms with Crippen molar-refractivity contribution in [3.8, 4) is 0 Å². The number of amides is 1. The lowest BCUT2D eigenvalue weighted by molar-refractivity contribution is 0.0958. The molecule has 4 nitrogen and oxygen atoms in total. The van der Waals surface area contributed by atoms with Crippen molar-refractivity contribution in [1.29, 1.82) is 0 Å². The summed E-state index contributed by atoms with van der Waals surface area (Å²) in [5, 5.41) is 5.62. The van der Waals surface area contributed by atoms with Gasteiger partial charge in [-0.25, -0.2) is 8.78 Å². The quantitative estimate of drug-likeness (QED) is 0.359. The highest BCUT2D eigenvalue weighted by Crippen LogP contribution is 2.28. The summed E-state index contributed by atoms with van der Waals surface area (Å²) in [6, 6.07) is 12.6. The van der Waals surface area contributed by atoms with Crippen LogP contribution in [-0.4, -0.2) is 18.2 Å². The normalized spacial score (nSPS) is 10.5. The zero-order valence-electron chi connectivity index (χ0n) is 16.6. The number of halogens is 3. The second-order valence-corrected chi connectivity index (χ2v) is 7.21. The zero-order valence-corrected chi connectivity index (χ0v) is 17.4. The van der Waals surface area contributed by atoms with E-state index in [-0.39, 0.29) is 28.0 Å². The molecule has 3 aromatic rings. The Bertz CT molecular complexity index is 1180. The van der Waals surface area contributed by atoms with E-state index in [1.165, 1.54) is 24.3 Å². The number of rotatable bonds is 7. The molecule has 0 aromatic heterocycles. The number of nitrogens with one attached hydrogen (secondary N) is 2. The van der Waals surface area contributed by atoms with Gasteiger partial charge in [0.05, 0.1) is 10.7 Å². The van der Waals surface area contributed by atoms with Gasteiger partial charge < -0.3 is 10.6 Å². The van der Waals surface area contributed by atoms with Crippen molar-refractivity contribution in [2.75, 3.05) is 11.9 Å². The molecule has 0 unspecified atom stereocenters. The molecule has 7 heteroatoms. The third-order valence-electron chi connectivity index (χ3n) is 4.58. The van der Waals surface area contributed by atoms with Gasteiger partial charge in [0.15, 0.2) is 5.78 Å². The first kappa shape index (κ1) is 22.2. The Morgan fingerprint density at radius 2 is 1.81 bits per heavy atom. The standard InChI is InChI=1S/C24H19ClF2N2O2/c1-3-10-28-24(31)15-5-4-14(2)19(11-15)23(30)18-8-7-17(13-20(18)25)29-22-9-6-16(26)12-21(22)27/h3-9,11-13,29H,1,10H2,2H3,(H,28,31). The molecule has 1 amide bonds. The molecule has 0 saturated heterocycles. The first-order valence-corrected chi connectivity index (χ1v) is 9.74. The smallest absolute Gasteiger partial charge is 0.251 e. The molecule has 158 valence electrons. The maximum Gasteiger partial charge on any atom is 0.251 e. The Morgan fingerprint density at radius 3 is 2.48 bits per heavy atom. The van der Waals surface area contributed by atoms with Gasteiger partial charge in [0.1, 0.15) is 11.6 Å². The molecule has 3 rings (SSSR count). The summed E-state index contributed by atoms with van der Waals surface area (Å²) in [5.74, 6) is -2.10. The van der Waals surface area contributed by atoms with Gasteiger partial charge in [0, 0.05) is 35.0 Å². The largest absolute Gasteiger partial charge is 0.353 e. The Morgan fingerprint density at radius 1 is 1.03 bits per heavy atom. The van der Waals surface area contributed by atoms with Crippen LogP contribution in [0, 0.1) is 18.6 Å². The summed E-state index contributed by atoms with van der Waals surface area (Å²) in [4.78, 5) is 25.3. The molecular weight excluding hydrogens is 422 g/mol. The molecule has 3 aromatic carbocycles. The lowest BCUT2D eigenvalue weighted by Crippen LogP contribution is -2.23. The number of anilines is 2. The van der Waals surface area contributed by atoms with Crippen molar-refractivity contribution in [3.63, 3.8) is 0 Å². The number of aryl methyl sites for hydroxylation is 1. The summed E-state index contributed by atoms with van der Waals surface area (Å²) in [5.41, 5.74) is 2.12. The summed E-state index contributed by atoms with van der Waals surface area (Å²) in [6.45, 7) is 5.63. The predicted octanol–water partition coefficient (Wildman–Crippen LogP) is 5.82. The van der Waals surface area contributed by atoms with Crippen molar-refractivity contribution >= 4 is 34.7 Å². The van der Waals surface area contributed by atoms with Crippen LogP contribution in [0.2, 0.25) is 5.02 Å². The molecule has 0 saturated carbocycles. The monoisotopic (exact) mass is 440 g/mol. The van der Waals surface area contributed by atoms with E-state index in [4.69, 9.17) is 11.6 Å². The SMILES string of the molecule is C=CCNC(=O)c1ccc(C)c(C(=O)c2ccc(Nc3ccc(F)cc3F)cc2Cl)c1. The molecule has 0 heterocycles. The van der Waals surface area contributed by atoms with Gasteiger partial charge in [-0.2, -0.15) is 0 Å². The van der Waals surface area contributed by atoms with E-state index in [0.29, 0.717) is 28.9 Å². The molecule has 0 aliphatic heterocycles. The molecule has 0 aliphatic rings. The predicted molar refractivity (Wildman–Crippen MR) is 118 cm³/mol. The summed E-state index contributed by atoms with van der Waals surface area (Å²) in [6.07, 6.45) is 1.56. The minimum atomic E-state index is -0.751. The van der Waals surface area contributed by atoms with Crippen LogP contribution in [0.4, 0.5) is 20.2 Å². The highest BCUT2D eigenvalue weighted by molar-refractivity contribution is 6.35. The second kappa shape index (κ2) is 9.53. The number of ketones is 1. The van der Waals surface area contributed by atoms with Crippen LogP contribution in [0.5, 0.6) is 0 Å². The van der Waals surface area contributed by atoms with Gasteiger partial charge in [-0.3, -0.25) is 9.59 Å². The molecular formula is C24H19ClF2N2O2. The van der Waals surface area contributed by atoms with E-state index in [1.807, 2.05) is 0 Å². The number of carbonyl (C=O) groups excluding carboxylic acids is 2. The minimum Gasteiger partial charge on any atom is -0.353 e. The van der Waals surface area contributed by atoms with E-state index in [0.717, 1.165) is 12.1 Å². The molecule has 0 spiro atoms. The Balaban J connectivity index is 1.87. The number of benzene rings is 3. The van der Waals surface area contributed by atoms with Gasteiger partial charge >= 0.3 is 0 Å². The van der Waals surface area contributed by atoms with E-state index in [9.17, 15) is 18.4 Å². The van der Waals surface area contributed by atoms with Crippen LogP contribution in [0.3, 0.4) is 0 Å². The van der Waals surface area contributed by atoms with Crippen LogP contribution in [0.1, 0.15) is 31.8 Å². The topological polar surface area (TPSA) is 58.2 Å². The number of hydrogen-bond donors (Lipinski definition) is 2. The van der Waals surface area contributed by atoms with Gasteiger partial charge in [0.2, 0.25) is 0 Å². The van der Waals surface area contributed by atoms with E-state index < -0.39 is 11.6 Å². The van der Waals surface area contributed by atoms with Crippen LogP contribution < -0.4 is 10.6 Å². The summed E-state index contributed by atoms with van der Waals surface area (Å²) >= 11 is 6.32. The molecule has 0 radical (unpaired) electrons. The Labute approximate surface area is 183 Å². The Kier molecular flexibility index (Phi) is 6.82. The lowest BCUT2D eigenvalue weighted by Gasteiger charge is -2.12. The summed E-state index contributed by atoms with van der Waals surface area (Å²) in [7, 11) is 0. The van der Waals surface area contributed by atoms with Crippen LogP contribution >= 0.6 is 11.6 Å². The zero-order chi connectivity index (χ0) is 22.5. The molecule has 0 atom stereocenters. The summed E-state index contributed by atoms with van der Waals surface area (Å²) < 4.78 is 26.9. The van der Waals surface area contributed by atoms with Crippen molar-refractivity contribution in [2.45, 2.75) is 6.92 Å². The van der Waals surface area contributed by atoms with Crippen molar-refractivity contribution < 1.29 is 18.4 Å². The number of carbonyl (C=O) groups is 2. The van der Waals surface area contributed by atoms with Gasteiger partial charge in [-0.05, 0) is 55.0 Å². The average molecular weight is 441 g/mol. The average Bonchev–Trinajstić information content (AvgIpc) is 2.74. The fourth-order valence-corrected chi connectivity index (χ4v) is 3.21. The molecule has 2 N–H and O–H groups in total. The van der Waals surface area contributed by atoms with Crippen LogP contribution in [0.15, 0.2) is 67.3 Å². The highest BCUT2D eigenvalue weighted by atomic mass is 35.5. The third kappa shape index (κ3) is 5.16. The molecule has 0 aliphatic carbocycles. The van der Waals surface area contributed by atoms with Crippen LogP contribution in [0.25, 0.3) is 0 Å². The molecule has 0 fully saturated rings. The fraction of sp³-hybridized carbons (Fsp3) is 0.0833. The van der Waals surface area contributed by atoms with E-state index in [1.54, 1.807) is 31.2 Å². The maximum absolute atomic E-state index is 13.9. The van der Waals surface area contributed by atoms with Crippen molar-refractivity contribution in [2.24, 2.45) is 0 Å². The minimum absolute atomic E-state index is 0.0747. The maximum atomic E-state index is 13.9. The van der Waals surface area contributed by atoms with Gasteiger partial charge in [-0.1, -0.05) is 23.7 Å². The number of hydrogen-bond acceptors (Lipinski definition) is 3. The van der Waals surface area contributed by atoms with E-state index >= 15 is 0 Å². The van der Waals surface area contributed by atoms with Crippen molar-refractivity contribution in [1.82, 2.24) is 5.32 Å². The fourth-order valence-electron chi connectivity index (χ4n) is 2.94. The Hall–Kier alpha value is -3.51. The van der Waals surface area contributed by atoms with Gasteiger partial charge in [-0.15, -0.1) is 6.58 Å². The van der Waals surface area contributed by atoms with E-state index in [2.05, 4.69) is 17.2 Å². The first-order chi connectivity index (χ1) is 14.8. The molecule has 31 heavy (non-hydrogen) atoms. The molecule has 0 bridgehead atoms. The third-order valence-corrected chi connectivity index (χ3v) is 4.89. The van der Waals surface area contributed by atoms with Crippen molar-refractivity contribution in [3.05, 3.63) is 106 Å². The van der Waals surface area contributed by atoms with Crippen LogP contribution in [-0.2, 0) is 0 Å².